The van der Waals surface area contributed by atoms with Gasteiger partial charge in [0.2, 0.25) is 5.91 Å². The molecule has 0 saturated heterocycles. The van der Waals surface area contributed by atoms with Crippen molar-refractivity contribution >= 4 is 5.91 Å². The smallest absolute Gasteiger partial charge is 0.237 e. The molecule has 2 atom stereocenters. The summed E-state index contributed by atoms with van der Waals surface area (Å²) in [5, 5.41) is 0. The van der Waals surface area contributed by atoms with Gasteiger partial charge in [0.25, 0.3) is 0 Å². The van der Waals surface area contributed by atoms with E-state index in [2.05, 4.69) is 60.5 Å². The van der Waals surface area contributed by atoms with Gasteiger partial charge in [0, 0.05) is 13.1 Å². The van der Waals surface area contributed by atoms with Gasteiger partial charge in [-0.15, -0.1) is 0 Å². The van der Waals surface area contributed by atoms with E-state index in [1.165, 1.54) is 22.3 Å². The molecule has 0 aromatic heterocycles. The number of aryl methyl sites for hydroxylation is 2. The zero-order valence-corrected chi connectivity index (χ0v) is 15.8. The van der Waals surface area contributed by atoms with Crippen LogP contribution >= 0.6 is 0 Å². The first-order chi connectivity index (χ1) is 12.6. The number of hydrogen-bond donors (Lipinski definition) is 0. The monoisotopic (exact) mass is 348 g/mol. The lowest BCUT2D eigenvalue weighted by Crippen LogP contribution is -2.40. The second-order valence-electron chi connectivity index (χ2n) is 7.78. The van der Waals surface area contributed by atoms with E-state index in [1.807, 2.05) is 11.9 Å². The standard InChI is InChI=1S/C23H28N2O/c1-24(21-15-14-18-9-4-5-11-19(18)21)16-23(26)25(2)22-13-7-10-17-8-3-6-12-20(17)22/h3-6,8-9,11-12,21-22H,7,10,13-16H2,1-2H3/t21-,22+/m0/s1. The van der Waals surface area contributed by atoms with Crippen LogP contribution in [0.15, 0.2) is 48.5 Å². The van der Waals surface area contributed by atoms with Crippen molar-refractivity contribution in [3.8, 4) is 0 Å². The predicted molar refractivity (Wildman–Crippen MR) is 105 cm³/mol. The molecule has 136 valence electrons. The highest BCUT2D eigenvalue weighted by Gasteiger charge is 2.30. The normalized spacial score (nSPS) is 21.3. The van der Waals surface area contributed by atoms with Crippen LogP contribution in [0.5, 0.6) is 0 Å². The molecule has 4 rings (SSSR count). The number of carbonyl (C=O) groups excluding carboxylic acids is 1. The third-order valence-electron chi connectivity index (χ3n) is 6.22. The third kappa shape index (κ3) is 3.16. The molecule has 2 aliphatic carbocycles. The van der Waals surface area contributed by atoms with Crippen molar-refractivity contribution < 1.29 is 4.79 Å². The highest BCUT2D eigenvalue weighted by atomic mass is 16.2. The van der Waals surface area contributed by atoms with Crippen molar-refractivity contribution in [3.05, 3.63) is 70.8 Å². The molecule has 3 nitrogen and oxygen atoms in total. The molecule has 26 heavy (non-hydrogen) atoms. The number of hydrogen-bond acceptors (Lipinski definition) is 2. The van der Waals surface area contributed by atoms with E-state index < -0.39 is 0 Å². The number of amides is 1. The Balaban J connectivity index is 1.46. The van der Waals surface area contributed by atoms with Crippen LogP contribution in [0.1, 0.15) is 53.6 Å². The highest BCUT2D eigenvalue weighted by molar-refractivity contribution is 5.78. The Morgan fingerprint density at radius 3 is 2.23 bits per heavy atom. The molecule has 0 spiro atoms. The highest BCUT2D eigenvalue weighted by Crippen LogP contribution is 2.36. The summed E-state index contributed by atoms with van der Waals surface area (Å²) in [6, 6.07) is 17.8. The summed E-state index contributed by atoms with van der Waals surface area (Å²) >= 11 is 0. The van der Waals surface area contributed by atoms with Gasteiger partial charge in [-0.25, -0.2) is 0 Å². The van der Waals surface area contributed by atoms with E-state index in [4.69, 9.17) is 0 Å². The van der Waals surface area contributed by atoms with Crippen LogP contribution in [0.2, 0.25) is 0 Å². The summed E-state index contributed by atoms with van der Waals surface area (Å²) in [6.07, 6.45) is 5.58. The Morgan fingerprint density at radius 2 is 1.50 bits per heavy atom. The third-order valence-corrected chi connectivity index (χ3v) is 6.22. The van der Waals surface area contributed by atoms with Crippen LogP contribution in [0.25, 0.3) is 0 Å². The van der Waals surface area contributed by atoms with Gasteiger partial charge in [0.1, 0.15) is 0 Å². The molecular weight excluding hydrogens is 320 g/mol. The maximum absolute atomic E-state index is 13.0. The first kappa shape index (κ1) is 17.3. The summed E-state index contributed by atoms with van der Waals surface area (Å²) < 4.78 is 0. The molecule has 0 radical (unpaired) electrons. The molecule has 2 aromatic rings. The molecule has 0 fully saturated rings. The number of likely N-dealkylation sites (N-methyl/N-ethyl adjacent to an activating group) is 2. The minimum Gasteiger partial charge on any atom is -0.338 e. The van der Waals surface area contributed by atoms with E-state index in [1.54, 1.807) is 0 Å². The Bertz CT molecular complexity index is 800. The Kier molecular flexibility index (Phi) is 4.82. The van der Waals surface area contributed by atoms with Crippen LogP contribution in [0, 0.1) is 0 Å². The topological polar surface area (TPSA) is 23.6 Å². The molecular formula is C23H28N2O. The minimum atomic E-state index is 0.219. The van der Waals surface area contributed by atoms with Crippen molar-refractivity contribution in [2.24, 2.45) is 0 Å². The summed E-state index contributed by atoms with van der Waals surface area (Å²) in [5.41, 5.74) is 5.57. The zero-order valence-electron chi connectivity index (χ0n) is 15.8. The Labute approximate surface area is 156 Å². The Hall–Kier alpha value is -2.13. The molecule has 2 aromatic carbocycles. The summed E-state index contributed by atoms with van der Waals surface area (Å²) in [7, 11) is 4.07. The SMILES string of the molecule is CN(CC(=O)N(C)[C@@H]1CCCc2ccccc21)[C@H]1CCc2ccccc21. The quantitative estimate of drug-likeness (QED) is 0.829. The zero-order chi connectivity index (χ0) is 18.1. The van der Waals surface area contributed by atoms with Crippen molar-refractivity contribution in [2.45, 2.75) is 44.2 Å². The fraction of sp³-hybridized carbons (Fsp3) is 0.435. The maximum atomic E-state index is 13.0. The van der Waals surface area contributed by atoms with Gasteiger partial charge in [-0.2, -0.15) is 0 Å². The lowest BCUT2D eigenvalue weighted by molar-refractivity contribution is -0.133. The number of benzene rings is 2. The van der Waals surface area contributed by atoms with Crippen molar-refractivity contribution in [1.29, 1.82) is 0 Å². The Morgan fingerprint density at radius 1 is 0.885 bits per heavy atom. The molecule has 2 aliphatic rings. The van der Waals surface area contributed by atoms with E-state index in [0.29, 0.717) is 12.6 Å². The largest absolute Gasteiger partial charge is 0.338 e. The fourth-order valence-electron chi connectivity index (χ4n) is 4.73. The first-order valence-electron chi connectivity index (χ1n) is 9.76. The van der Waals surface area contributed by atoms with Crippen molar-refractivity contribution in [3.63, 3.8) is 0 Å². The van der Waals surface area contributed by atoms with Gasteiger partial charge >= 0.3 is 0 Å². The maximum Gasteiger partial charge on any atom is 0.237 e. The molecule has 0 saturated carbocycles. The summed E-state index contributed by atoms with van der Waals surface area (Å²) in [4.78, 5) is 17.2. The average molecular weight is 348 g/mol. The van der Waals surface area contributed by atoms with E-state index in [0.717, 1.165) is 32.1 Å². The van der Waals surface area contributed by atoms with Crippen molar-refractivity contribution in [1.82, 2.24) is 9.80 Å². The van der Waals surface area contributed by atoms with Gasteiger partial charge in [0.15, 0.2) is 0 Å². The average Bonchev–Trinajstić information content (AvgIpc) is 3.11. The molecule has 0 aliphatic heterocycles. The number of rotatable bonds is 4. The predicted octanol–water partition coefficient (Wildman–Crippen LogP) is 4.14. The first-order valence-corrected chi connectivity index (χ1v) is 9.76. The van der Waals surface area contributed by atoms with Gasteiger partial charge < -0.3 is 4.90 Å². The van der Waals surface area contributed by atoms with Gasteiger partial charge in [-0.1, -0.05) is 48.5 Å². The van der Waals surface area contributed by atoms with E-state index >= 15 is 0 Å². The van der Waals surface area contributed by atoms with E-state index in [9.17, 15) is 4.79 Å². The molecule has 1 amide bonds. The second-order valence-corrected chi connectivity index (χ2v) is 7.78. The van der Waals surface area contributed by atoms with E-state index in [-0.39, 0.29) is 11.9 Å². The molecule has 0 heterocycles. The minimum absolute atomic E-state index is 0.219. The van der Waals surface area contributed by atoms with Gasteiger partial charge in [0.05, 0.1) is 12.6 Å². The van der Waals surface area contributed by atoms with Gasteiger partial charge in [-0.05, 0) is 61.4 Å². The molecule has 0 N–H and O–H groups in total. The van der Waals surface area contributed by atoms with Crippen LogP contribution < -0.4 is 0 Å². The molecule has 0 unspecified atom stereocenters. The summed E-state index contributed by atoms with van der Waals surface area (Å²) in [6.45, 7) is 0.480. The number of nitrogens with zero attached hydrogens (tertiary/aromatic N) is 2. The lowest BCUT2D eigenvalue weighted by atomic mass is 9.87. The van der Waals surface area contributed by atoms with Crippen molar-refractivity contribution in [2.75, 3.05) is 20.6 Å². The van der Waals surface area contributed by atoms with Crippen LogP contribution in [-0.2, 0) is 17.6 Å². The molecule has 3 heteroatoms. The number of fused-ring (bicyclic) bond motifs is 2. The van der Waals surface area contributed by atoms with Crippen LogP contribution in [0.3, 0.4) is 0 Å². The fourth-order valence-corrected chi connectivity index (χ4v) is 4.73. The van der Waals surface area contributed by atoms with Crippen LogP contribution in [0.4, 0.5) is 0 Å². The van der Waals surface area contributed by atoms with Gasteiger partial charge in [-0.3, -0.25) is 9.69 Å². The summed E-state index contributed by atoms with van der Waals surface area (Å²) in [5.74, 6) is 0.221. The lowest BCUT2D eigenvalue weighted by Gasteiger charge is -2.35. The second kappa shape index (κ2) is 7.24. The van der Waals surface area contributed by atoms with Crippen LogP contribution in [-0.4, -0.2) is 36.3 Å². The number of carbonyl (C=O) groups is 1. The molecule has 0 bridgehead atoms.